The van der Waals surface area contributed by atoms with E-state index in [1.165, 1.54) is 36.8 Å². The summed E-state index contributed by atoms with van der Waals surface area (Å²) < 4.78 is 1.25. The van der Waals surface area contributed by atoms with Gasteiger partial charge < -0.3 is 9.96 Å². The Morgan fingerprint density at radius 3 is 1.36 bits per heavy atom. The van der Waals surface area contributed by atoms with Crippen molar-refractivity contribution in [1.29, 1.82) is 0 Å². The molecule has 1 aliphatic heterocycles. The minimum Gasteiger partial charge on any atom is -0.870 e. The van der Waals surface area contributed by atoms with Crippen LogP contribution in [0.3, 0.4) is 0 Å². The van der Waals surface area contributed by atoms with Crippen molar-refractivity contribution in [2.24, 2.45) is 0 Å². The molecule has 1 heterocycles. The summed E-state index contributed by atoms with van der Waals surface area (Å²) in [5.41, 5.74) is 0. The fourth-order valence-corrected chi connectivity index (χ4v) is 1.37. The van der Waals surface area contributed by atoms with Gasteiger partial charge in [-0.2, -0.15) is 0 Å². The van der Waals surface area contributed by atoms with Crippen LogP contribution in [0, 0.1) is 0 Å². The first-order valence-corrected chi connectivity index (χ1v) is 4.53. The molecule has 0 bridgehead atoms. The SMILES string of the molecule is CC.C[N+]1(C)CCCCC1.[OH-]. The Balaban J connectivity index is 0. The summed E-state index contributed by atoms with van der Waals surface area (Å²) in [6.45, 7) is 6.78. The van der Waals surface area contributed by atoms with Crippen LogP contribution in [0.25, 0.3) is 0 Å². The maximum atomic E-state index is 2.32. The van der Waals surface area contributed by atoms with E-state index in [9.17, 15) is 0 Å². The molecule has 0 aromatic rings. The highest BCUT2D eigenvalue weighted by molar-refractivity contribution is 4.47. The van der Waals surface area contributed by atoms with Crippen molar-refractivity contribution in [1.82, 2.24) is 0 Å². The molecule has 1 N–H and O–H groups in total. The Kier molecular flexibility index (Phi) is 8.13. The lowest BCUT2D eigenvalue weighted by molar-refractivity contribution is -0.894. The van der Waals surface area contributed by atoms with Crippen LogP contribution in [0.15, 0.2) is 0 Å². The molecule has 0 aromatic carbocycles. The monoisotopic (exact) mass is 161 g/mol. The third-order valence-electron chi connectivity index (χ3n) is 2.03. The van der Waals surface area contributed by atoms with E-state index in [1.54, 1.807) is 0 Å². The molecule has 0 saturated carbocycles. The van der Waals surface area contributed by atoms with Gasteiger partial charge in [-0.15, -0.1) is 0 Å². The predicted molar refractivity (Wildman–Crippen MR) is 49.0 cm³/mol. The standard InChI is InChI=1S/C7H16N.C2H6.H2O/c1-8(2)6-4-3-5-7-8;1-2;/h3-7H2,1-2H3;1-2H3;1H2/q+1;;/p-1. The molecule has 1 saturated heterocycles. The summed E-state index contributed by atoms with van der Waals surface area (Å²) in [6, 6.07) is 0. The topological polar surface area (TPSA) is 30.0 Å². The Labute approximate surface area is 71.1 Å². The molecule has 0 aliphatic carbocycles. The molecular weight excluding hydrogens is 138 g/mol. The zero-order valence-corrected chi connectivity index (χ0v) is 8.43. The van der Waals surface area contributed by atoms with Crippen molar-refractivity contribution in [3.63, 3.8) is 0 Å². The first kappa shape index (κ1) is 13.5. The molecular formula is C9H23NO. The van der Waals surface area contributed by atoms with Gasteiger partial charge in [0.05, 0.1) is 27.2 Å². The minimum atomic E-state index is 0. The number of hydrogen-bond acceptors (Lipinski definition) is 1. The first-order valence-electron chi connectivity index (χ1n) is 4.53. The number of likely N-dealkylation sites (tertiary alicyclic amines) is 1. The summed E-state index contributed by atoms with van der Waals surface area (Å²) in [7, 11) is 4.64. The number of hydrogen-bond donors (Lipinski definition) is 0. The fraction of sp³-hybridized carbons (Fsp3) is 1.00. The minimum absolute atomic E-state index is 0. The molecule has 2 nitrogen and oxygen atoms in total. The molecule has 11 heavy (non-hydrogen) atoms. The van der Waals surface area contributed by atoms with Gasteiger partial charge in [0.2, 0.25) is 0 Å². The van der Waals surface area contributed by atoms with E-state index in [4.69, 9.17) is 0 Å². The molecule has 1 fully saturated rings. The summed E-state index contributed by atoms with van der Waals surface area (Å²) >= 11 is 0. The van der Waals surface area contributed by atoms with Gasteiger partial charge in [-0.3, -0.25) is 0 Å². The lowest BCUT2D eigenvalue weighted by atomic mass is 10.1. The van der Waals surface area contributed by atoms with Crippen molar-refractivity contribution in [3.05, 3.63) is 0 Å². The Bertz CT molecular complexity index is 73.6. The molecule has 0 unspecified atom stereocenters. The zero-order valence-electron chi connectivity index (χ0n) is 8.43. The van der Waals surface area contributed by atoms with Crippen molar-refractivity contribution >= 4 is 0 Å². The molecule has 70 valence electrons. The highest BCUT2D eigenvalue weighted by atomic mass is 16.0. The Morgan fingerprint density at radius 2 is 1.18 bits per heavy atom. The van der Waals surface area contributed by atoms with Gasteiger partial charge in [0, 0.05) is 0 Å². The van der Waals surface area contributed by atoms with Crippen LogP contribution in [-0.2, 0) is 0 Å². The second kappa shape index (κ2) is 6.62. The maximum Gasteiger partial charge on any atom is 0.0782 e. The van der Waals surface area contributed by atoms with Crippen LogP contribution in [-0.4, -0.2) is 37.1 Å². The van der Waals surface area contributed by atoms with Crippen LogP contribution in [0.4, 0.5) is 0 Å². The third kappa shape index (κ3) is 6.32. The van der Waals surface area contributed by atoms with Crippen LogP contribution in [0.1, 0.15) is 33.1 Å². The van der Waals surface area contributed by atoms with E-state index in [1.807, 2.05) is 13.8 Å². The average Bonchev–Trinajstić information content (AvgIpc) is 1.92. The van der Waals surface area contributed by atoms with Crippen LogP contribution < -0.4 is 0 Å². The van der Waals surface area contributed by atoms with Gasteiger partial charge >= 0.3 is 0 Å². The van der Waals surface area contributed by atoms with Crippen LogP contribution in [0.5, 0.6) is 0 Å². The quantitative estimate of drug-likeness (QED) is 0.500. The molecule has 0 radical (unpaired) electrons. The molecule has 2 heteroatoms. The highest BCUT2D eigenvalue weighted by Crippen LogP contribution is 2.11. The van der Waals surface area contributed by atoms with Crippen molar-refractivity contribution in [3.8, 4) is 0 Å². The van der Waals surface area contributed by atoms with Gasteiger partial charge in [-0.25, -0.2) is 0 Å². The van der Waals surface area contributed by atoms with Gasteiger partial charge in [0.15, 0.2) is 0 Å². The Hall–Kier alpha value is -0.0800. The largest absolute Gasteiger partial charge is 0.870 e. The van der Waals surface area contributed by atoms with Crippen molar-refractivity contribution in [2.75, 3.05) is 27.2 Å². The fourth-order valence-electron chi connectivity index (χ4n) is 1.37. The zero-order chi connectivity index (χ0) is 8.04. The summed E-state index contributed by atoms with van der Waals surface area (Å²) in [6.07, 6.45) is 4.34. The van der Waals surface area contributed by atoms with E-state index in [2.05, 4.69) is 14.1 Å². The summed E-state index contributed by atoms with van der Waals surface area (Å²) in [5, 5.41) is 0. The lowest BCUT2D eigenvalue weighted by Crippen LogP contribution is -2.43. The smallest absolute Gasteiger partial charge is 0.0782 e. The first-order chi connectivity index (χ1) is 4.71. The summed E-state index contributed by atoms with van der Waals surface area (Å²) in [4.78, 5) is 0. The van der Waals surface area contributed by atoms with E-state index >= 15 is 0 Å². The van der Waals surface area contributed by atoms with Crippen LogP contribution >= 0.6 is 0 Å². The van der Waals surface area contributed by atoms with Crippen molar-refractivity contribution in [2.45, 2.75) is 33.1 Å². The number of quaternary nitrogens is 1. The summed E-state index contributed by atoms with van der Waals surface area (Å²) in [5.74, 6) is 0. The van der Waals surface area contributed by atoms with Gasteiger partial charge in [-0.05, 0) is 19.3 Å². The molecule has 0 aromatic heterocycles. The van der Waals surface area contributed by atoms with Crippen molar-refractivity contribution < 1.29 is 9.96 Å². The molecule has 0 spiro atoms. The molecule has 1 aliphatic rings. The lowest BCUT2D eigenvalue weighted by Gasteiger charge is -2.33. The highest BCUT2D eigenvalue weighted by Gasteiger charge is 2.17. The average molecular weight is 161 g/mol. The molecule has 0 amide bonds. The maximum absolute atomic E-state index is 2.32. The Morgan fingerprint density at radius 1 is 0.818 bits per heavy atom. The van der Waals surface area contributed by atoms with E-state index in [-0.39, 0.29) is 5.48 Å². The number of piperidine rings is 1. The second-order valence-corrected chi connectivity index (χ2v) is 3.44. The van der Waals surface area contributed by atoms with E-state index in [0.717, 1.165) is 0 Å². The number of nitrogens with zero attached hydrogens (tertiary/aromatic N) is 1. The normalized spacial score (nSPS) is 20.7. The van der Waals surface area contributed by atoms with Crippen LogP contribution in [0.2, 0.25) is 0 Å². The van der Waals surface area contributed by atoms with E-state index in [0.29, 0.717) is 0 Å². The van der Waals surface area contributed by atoms with E-state index < -0.39 is 0 Å². The van der Waals surface area contributed by atoms with Gasteiger partial charge in [0.1, 0.15) is 0 Å². The predicted octanol–water partition coefficient (Wildman–Crippen LogP) is 2.10. The number of rotatable bonds is 0. The third-order valence-corrected chi connectivity index (χ3v) is 2.03. The molecule has 0 atom stereocenters. The van der Waals surface area contributed by atoms with Gasteiger partial charge in [-0.1, -0.05) is 13.8 Å². The van der Waals surface area contributed by atoms with Gasteiger partial charge in [0.25, 0.3) is 0 Å². The molecule has 1 rings (SSSR count). The second-order valence-electron chi connectivity index (χ2n) is 3.44.